The monoisotopic (exact) mass is 305 g/mol. The summed E-state index contributed by atoms with van der Waals surface area (Å²) in [6.45, 7) is 2.38. The highest BCUT2D eigenvalue weighted by Gasteiger charge is 2.43. The number of benzene rings is 1. The molecule has 8 nitrogen and oxygen atoms in total. The lowest BCUT2D eigenvalue weighted by molar-refractivity contribution is -0.345. The van der Waals surface area contributed by atoms with Gasteiger partial charge in [-0.2, -0.15) is 0 Å². The van der Waals surface area contributed by atoms with Crippen LogP contribution in [0.3, 0.4) is 0 Å². The number of hydrogen-bond donors (Lipinski definition) is 1. The molecule has 1 aromatic rings. The Labute approximate surface area is 126 Å². The number of hydrogen-bond acceptors (Lipinski definition) is 6. The maximum atomic E-state index is 10.8. The Morgan fingerprint density at radius 3 is 2.59 bits per heavy atom. The van der Waals surface area contributed by atoms with Gasteiger partial charge >= 0.3 is 11.8 Å². The molecule has 1 aliphatic rings. The van der Waals surface area contributed by atoms with E-state index < -0.39 is 16.6 Å². The molecule has 1 N–H and O–H groups in total. The van der Waals surface area contributed by atoms with Crippen LogP contribution in [-0.2, 0) is 10.5 Å². The van der Waals surface area contributed by atoms with Gasteiger partial charge in [0.25, 0.3) is 5.66 Å². The van der Waals surface area contributed by atoms with Crippen LogP contribution in [0, 0.1) is 10.1 Å². The lowest BCUT2D eigenvalue weighted by Crippen LogP contribution is -2.21. The topological polar surface area (TPSA) is 114 Å². The molecule has 1 heterocycles. The average molecular weight is 305 g/mol. The molecule has 0 bridgehead atoms. The number of aliphatic carboxylic acids is 1. The Balaban J connectivity index is 2.35. The zero-order valence-electron chi connectivity index (χ0n) is 11.9. The van der Waals surface area contributed by atoms with E-state index in [0.29, 0.717) is 17.9 Å². The fraction of sp³-hybridized carbons (Fsp3) is 0.357. The highest BCUT2D eigenvalue weighted by atomic mass is 16.6. The molecule has 8 heteroatoms. The molecule has 0 radical (unpaired) electrons. The quantitative estimate of drug-likeness (QED) is 0.636. The van der Waals surface area contributed by atoms with E-state index in [1.54, 1.807) is 24.3 Å². The van der Waals surface area contributed by atoms with Crippen molar-refractivity contribution in [2.75, 3.05) is 6.61 Å². The minimum atomic E-state index is -1.26. The minimum absolute atomic E-state index is 0.0458. The zero-order chi connectivity index (χ0) is 16.2. The number of rotatable bonds is 6. The van der Waals surface area contributed by atoms with Gasteiger partial charge in [0, 0.05) is 12.0 Å². The number of amidine groups is 1. The van der Waals surface area contributed by atoms with Crippen LogP contribution in [-0.4, -0.2) is 34.7 Å². The predicted molar refractivity (Wildman–Crippen MR) is 79.1 cm³/mol. The van der Waals surface area contributed by atoms with Gasteiger partial charge < -0.3 is 20.0 Å². The number of ether oxygens (including phenoxy) is 1. The summed E-state index contributed by atoms with van der Waals surface area (Å²) in [7, 11) is 0. The van der Waals surface area contributed by atoms with Crippen molar-refractivity contribution in [3.05, 3.63) is 39.9 Å². The van der Waals surface area contributed by atoms with E-state index in [-0.39, 0.29) is 18.7 Å². The van der Waals surface area contributed by atoms with Gasteiger partial charge in [-0.15, -0.1) is 0 Å². The Morgan fingerprint density at radius 2 is 2.09 bits per heavy atom. The Hall–Kier alpha value is -2.77. The van der Waals surface area contributed by atoms with Crippen LogP contribution in [0.25, 0.3) is 0 Å². The summed E-state index contributed by atoms with van der Waals surface area (Å²) in [5.74, 6) is -0.732. The number of carboxylic acids is 1. The van der Waals surface area contributed by atoms with Crippen LogP contribution >= 0.6 is 0 Å². The fourth-order valence-electron chi connectivity index (χ4n) is 2.17. The standard InChI is InChI=1S/C14H15N3O5/c1-2-22-11-5-3-10(4-6-11)14(8-7-13(18)19)15-9-12(16-14)17(20)21/h3-6,9H,2,7-8H2,1H3,(H,18,19)/t14-/m1/s1. The van der Waals surface area contributed by atoms with Gasteiger partial charge in [0.15, 0.2) is 0 Å². The summed E-state index contributed by atoms with van der Waals surface area (Å²) in [5, 5.41) is 19.7. The molecule has 2 rings (SSSR count). The van der Waals surface area contributed by atoms with Crippen LogP contribution in [0.2, 0.25) is 0 Å². The molecule has 0 aromatic heterocycles. The third-order valence-corrected chi connectivity index (χ3v) is 3.20. The summed E-state index contributed by atoms with van der Waals surface area (Å²) in [6.07, 6.45) is 0.918. The van der Waals surface area contributed by atoms with Crippen molar-refractivity contribution in [3.8, 4) is 5.75 Å². The van der Waals surface area contributed by atoms with Crippen molar-refractivity contribution in [1.29, 1.82) is 0 Å². The minimum Gasteiger partial charge on any atom is -0.494 e. The van der Waals surface area contributed by atoms with Crippen LogP contribution in [0.4, 0.5) is 0 Å². The van der Waals surface area contributed by atoms with Crippen molar-refractivity contribution < 1.29 is 19.6 Å². The Morgan fingerprint density at radius 1 is 1.41 bits per heavy atom. The van der Waals surface area contributed by atoms with Crippen molar-refractivity contribution in [2.24, 2.45) is 9.98 Å². The first-order valence-electron chi connectivity index (χ1n) is 6.71. The van der Waals surface area contributed by atoms with Crippen LogP contribution in [0.15, 0.2) is 34.3 Å². The van der Waals surface area contributed by atoms with Crippen molar-refractivity contribution in [2.45, 2.75) is 25.4 Å². The van der Waals surface area contributed by atoms with Crippen LogP contribution < -0.4 is 4.74 Å². The first-order chi connectivity index (χ1) is 10.5. The van der Waals surface area contributed by atoms with E-state index in [1.807, 2.05) is 6.92 Å². The van der Waals surface area contributed by atoms with Gasteiger partial charge in [-0.25, -0.2) is 4.99 Å². The first-order valence-corrected chi connectivity index (χ1v) is 6.71. The Bertz CT molecular complexity index is 638. The maximum absolute atomic E-state index is 10.8. The molecule has 116 valence electrons. The summed E-state index contributed by atoms with van der Waals surface area (Å²) >= 11 is 0. The number of carboxylic acid groups (broad SMARTS) is 1. The molecule has 0 saturated heterocycles. The third-order valence-electron chi connectivity index (χ3n) is 3.20. The van der Waals surface area contributed by atoms with Crippen molar-refractivity contribution in [3.63, 3.8) is 0 Å². The molecule has 1 aliphatic heterocycles. The smallest absolute Gasteiger partial charge is 0.379 e. The second-order valence-corrected chi connectivity index (χ2v) is 4.65. The fourth-order valence-corrected chi connectivity index (χ4v) is 2.17. The molecule has 1 atom stereocenters. The van der Waals surface area contributed by atoms with Crippen LogP contribution in [0.5, 0.6) is 5.75 Å². The molecular weight excluding hydrogens is 290 g/mol. The van der Waals surface area contributed by atoms with Crippen molar-refractivity contribution >= 4 is 18.0 Å². The van der Waals surface area contributed by atoms with E-state index in [4.69, 9.17) is 9.84 Å². The zero-order valence-corrected chi connectivity index (χ0v) is 11.9. The largest absolute Gasteiger partial charge is 0.494 e. The second-order valence-electron chi connectivity index (χ2n) is 4.65. The summed E-state index contributed by atoms with van der Waals surface area (Å²) in [5.41, 5.74) is -0.670. The molecule has 0 unspecified atom stereocenters. The summed E-state index contributed by atoms with van der Waals surface area (Å²) in [6, 6.07) is 6.79. The normalized spacial score (nSPS) is 19.8. The predicted octanol–water partition coefficient (Wildman–Crippen LogP) is 1.86. The molecule has 1 aromatic carbocycles. The van der Waals surface area contributed by atoms with Gasteiger partial charge in [0.1, 0.15) is 12.0 Å². The van der Waals surface area contributed by atoms with Gasteiger partial charge in [-0.05, 0) is 41.1 Å². The van der Waals surface area contributed by atoms with E-state index in [1.165, 1.54) is 0 Å². The van der Waals surface area contributed by atoms with E-state index in [9.17, 15) is 14.9 Å². The van der Waals surface area contributed by atoms with Gasteiger partial charge in [-0.1, -0.05) is 0 Å². The molecule has 22 heavy (non-hydrogen) atoms. The molecule has 0 spiro atoms. The second kappa shape index (κ2) is 6.33. The SMILES string of the molecule is CCOc1ccc([C@]2(CCC(=O)O)N=CC([N+](=O)[O-])=N2)cc1. The van der Waals surface area contributed by atoms with E-state index >= 15 is 0 Å². The average Bonchev–Trinajstić information content (AvgIpc) is 2.92. The van der Waals surface area contributed by atoms with Crippen LogP contribution in [0.1, 0.15) is 25.3 Å². The van der Waals surface area contributed by atoms with E-state index in [2.05, 4.69) is 9.98 Å². The lowest BCUT2D eigenvalue weighted by atomic mass is 9.95. The van der Waals surface area contributed by atoms with Gasteiger partial charge in [-0.3, -0.25) is 4.79 Å². The van der Waals surface area contributed by atoms with Gasteiger partial charge in [0.05, 0.1) is 13.0 Å². The first kappa shape index (κ1) is 15.6. The van der Waals surface area contributed by atoms with Crippen molar-refractivity contribution in [1.82, 2.24) is 0 Å². The van der Waals surface area contributed by atoms with E-state index in [0.717, 1.165) is 6.21 Å². The number of nitro groups is 1. The van der Waals surface area contributed by atoms with Gasteiger partial charge in [0.2, 0.25) is 0 Å². The highest BCUT2D eigenvalue weighted by Crippen LogP contribution is 2.36. The molecule has 0 saturated carbocycles. The third kappa shape index (κ3) is 3.27. The molecule has 0 aliphatic carbocycles. The highest BCUT2D eigenvalue weighted by molar-refractivity contribution is 6.26. The summed E-state index contributed by atoms with van der Waals surface area (Å²) < 4.78 is 5.34. The Kier molecular flexibility index (Phi) is 4.50. The molecule has 0 fully saturated rings. The number of nitrogens with zero attached hydrogens (tertiary/aromatic N) is 3. The number of aliphatic imine (C=N–C) groups is 2. The lowest BCUT2D eigenvalue weighted by Gasteiger charge is -2.17. The number of carbonyl (C=O) groups is 1. The molecular formula is C14H15N3O5. The molecule has 0 amide bonds. The summed E-state index contributed by atoms with van der Waals surface area (Å²) in [4.78, 5) is 29.2. The maximum Gasteiger partial charge on any atom is 0.379 e.